The Morgan fingerprint density at radius 3 is 3.00 bits per heavy atom. The minimum absolute atomic E-state index is 0.249. The van der Waals surface area contributed by atoms with Gasteiger partial charge in [0.05, 0.1) is 32.6 Å². The van der Waals surface area contributed by atoms with Crippen LogP contribution in [0.5, 0.6) is 0 Å². The van der Waals surface area contributed by atoms with Crippen molar-refractivity contribution in [2.45, 2.75) is 13.5 Å². The molecular weight excluding hydrogens is 446 g/mol. The lowest BCUT2D eigenvalue weighted by Gasteiger charge is -2.05. The van der Waals surface area contributed by atoms with Gasteiger partial charge in [0.25, 0.3) is 5.91 Å². The number of amides is 1. The SMILES string of the molecule is CCOCCn1c(=NC(=O)c2ccc3ncsc3c2)sc2cc(Br)ccc21. The molecule has 5 nitrogen and oxygen atoms in total. The van der Waals surface area contributed by atoms with Gasteiger partial charge in [0, 0.05) is 23.2 Å². The fourth-order valence-electron chi connectivity index (χ4n) is 2.79. The van der Waals surface area contributed by atoms with Gasteiger partial charge < -0.3 is 9.30 Å². The minimum Gasteiger partial charge on any atom is -0.380 e. The predicted octanol–water partition coefficient (Wildman–Crippen LogP) is 4.85. The minimum atomic E-state index is -0.249. The Labute approximate surface area is 172 Å². The molecule has 4 rings (SSSR count). The van der Waals surface area contributed by atoms with Crippen molar-refractivity contribution in [2.24, 2.45) is 4.99 Å². The van der Waals surface area contributed by atoms with E-state index in [1.807, 2.05) is 41.8 Å². The molecule has 0 saturated carbocycles. The summed E-state index contributed by atoms with van der Waals surface area (Å²) in [5, 5.41) is 0. The van der Waals surface area contributed by atoms with Crippen molar-refractivity contribution < 1.29 is 9.53 Å². The summed E-state index contributed by atoms with van der Waals surface area (Å²) in [5.74, 6) is -0.249. The van der Waals surface area contributed by atoms with Crippen LogP contribution in [0.1, 0.15) is 17.3 Å². The Balaban J connectivity index is 1.77. The van der Waals surface area contributed by atoms with Gasteiger partial charge in [-0.2, -0.15) is 4.99 Å². The number of benzene rings is 2. The van der Waals surface area contributed by atoms with E-state index in [1.54, 1.807) is 11.6 Å². The Morgan fingerprint density at radius 1 is 1.26 bits per heavy atom. The summed E-state index contributed by atoms with van der Waals surface area (Å²) in [5.41, 5.74) is 4.30. The number of carbonyl (C=O) groups excluding carboxylic acids is 1. The maximum atomic E-state index is 12.8. The van der Waals surface area contributed by atoms with Crippen LogP contribution in [0.3, 0.4) is 0 Å². The van der Waals surface area contributed by atoms with E-state index in [4.69, 9.17) is 4.74 Å². The predicted molar refractivity (Wildman–Crippen MR) is 114 cm³/mol. The fourth-order valence-corrected chi connectivity index (χ4v) is 5.11. The average molecular weight is 462 g/mol. The van der Waals surface area contributed by atoms with Crippen molar-refractivity contribution in [2.75, 3.05) is 13.2 Å². The highest BCUT2D eigenvalue weighted by Gasteiger charge is 2.11. The molecule has 2 aromatic carbocycles. The van der Waals surface area contributed by atoms with Crippen molar-refractivity contribution in [1.82, 2.24) is 9.55 Å². The largest absolute Gasteiger partial charge is 0.380 e. The molecule has 0 aliphatic heterocycles. The lowest BCUT2D eigenvalue weighted by atomic mass is 10.2. The van der Waals surface area contributed by atoms with E-state index in [2.05, 4.69) is 25.9 Å². The van der Waals surface area contributed by atoms with E-state index in [0.717, 1.165) is 24.9 Å². The monoisotopic (exact) mass is 461 g/mol. The molecule has 2 aromatic heterocycles. The first-order valence-corrected chi connectivity index (χ1v) is 10.9. The van der Waals surface area contributed by atoms with Gasteiger partial charge in [-0.1, -0.05) is 27.3 Å². The molecule has 0 spiro atoms. The molecule has 2 heterocycles. The van der Waals surface area contributed by atoms with Gasteiger partial charge in [-0.05, 0) is 43.3 Å². The molecule has 0 saturated heterocycles. The van der Waals surface area contributed by atoms with E-state index in [-0.39, 0.29) is 5.91 Å². The number of ether oxygens (including phenoxy) is 1. The highest BCUT2D eigenvalue weighted by Crippen LogP contribution is 2.23. The van der Waals surface area contributed by atoms with Crippen molar-refractivity contribution in [1.29, 1.82) is 0 Å². The first kappa shape index (κ1) is 18.5. The zero-order chi connectivity index (χ0) is 18.8. The first-order valence-electron chi connectivity index (χ1n) is 8.44. The van der Waals surface area contributed by atoms with E-state index in [0.29, 0.717) is 30.1 Å². The Morgan fingerprint density at radius 2 is 2.15 bits per heavy atom. The number of halogens is 1. The third-order valence-electron chi connectivity index (χ3n) is 4.08. The van der Waals surface area contributed by atoms with E-state index in [1.165, 1.54) is 22.7 Å². The van der Waals surface area contributed by atoms with E-state index >= 15 is 0 Å². The smallest absolute Gasteiger partial charge is 0.279 e. The van der Waals surface area contributed by atoms with Crippen LogP contribution in [0.25, 0.3) is 20.4 Å². The highest BCUT2D eigenvalue weighted by atomic mass is 79.9. The number of aromatic nitrogens is 2. The molecule has 138 valence electrons. The second-order valence-corrected chi connectivity index (χ2v) is 8.61. The normalized spacial score (nSPS) is 12.3. The third kappa shape index (κ3) is 3.89. The molecule has 0 fully saturated rings. The summed E-state index contributed by atoms with van der Waals surface area (Å²) in [6.07, 6.45) is 0. The number of hydrogen-bond acceptors (Lipinski definition) is 5. The number of hydrogen-bond donors (Lipinski definition) is 0. The van der Waals surface area contributed by atoms with Crippen LogP contribution in [0, 0.1) is 0 Å². The number of fused-ring (bicyclic) bond motifs is 2. The van der Waals surface area contributed by atoms with Gasteiger partial charge in [-0.3, -0.25) is 4.79 Å². The molecule has 0 unspecified atom stereocenters. The van der Waals surface area contributed by atoms with Crippen LogP contribution in [0.4, 0.5) is 0 Å². The molecule has 4 aromatic rings. The summed E-state index contributed by atoms with van der Waals surface area (Å²) in [6.45, 7) is 3.86. The number of rotatable bonds is 5. The number of thiazole rings is 2. The van der Waals surface area contributed by atoms with E-state index < -0.39 is 0 Å². The Bertz CT molecular complexity index is 1190. The molecule has 0 aliphatic rings. The third-order valence-corrected chi connectivity index (χ3v) is 6.41. The van der Waals surface area contributed by atoms with Crippen LogP contribution in [-0.2, 0) is 11.3 Å². The standard InChI is InChI=1S/C19H16BrN3O2S2/c1-2-25-8-7-23-15-6-4-13(20)10-17(15)27-19(23)22-18(24)12-3-5-14-16(9-12)26-11-21-14/h3-6,9-11H,2,7-8H2,1H3. The molecule has 1 amide bonds. The Kier molecular flexibility index (Phi) is 5.49. The average Bonchev–Trinajstić information content (AvgIpc) is 3.25. The van der Waals surface area contributed by atoms with Crippen LogP contribution < -0.4 is 4.80 Å². The number of nitrogens with zero attached hydrogens (tertiary/aromatic N) is 3. The summed E-state index contributed by atoms with van der Waals surface area (Å²) in [4.78, 5) is 22.1. The van der Waals surface area contributed by atoms with Crippen LogP contribution in [-0.4, -0.2) is 28.7 Å². The van der Waals surface area contributed by atoms with Gasteiger partial charge >= 0.3 is 0 Å². The van der Waals surface area contributed by atoms with Crippen LogP contribution in [0.15, 0.2) is 51.4 Å². The van der Waals surface area contributed by atoms with E-state index in [9.17, 15) is 4.79 Å². The lowest BCUT2D eigenvalue weighted by Crippen LogP contribution is -2.19. The quantitative estimate of drug-likeness (QED) is 0.399. The van der Waals surface area contributed by atoms with Crippen LogP contribution >= 0.6 is 38.6 Å². The molecule has 0 aliphatic carbocycles. The summed E-state index contributed by atoms with van der Waals surface area (Å²) in [7, 11) is 0. The molecule has 0 N–H and O–H groups in total. The molecule has 0 atom stereocenters. The summed E-state index contributed by atoms with van der Waals surface area (Å²) >= 11 is 6.53. The van der Waals surface area contributed by atoms with Crippen LogP contribution in [0.2, 0.25) is 0 Å². The molecule has 0 bridgehead atoms. The zero-order valence-electron chi connectivity index (χ0n) is 14.5. The number of carbonyl (C=O) groups is 1. The van der Waals surface area contributed by atoms with Crippen molar-refractivity contribution in [3.05, 3.63) is 56.7 Å². The zero-order valence-corrected chi connectivity index (χ0v) is 17.7. The van der Waals surface area contributed by atoms with Crippen molar-refractivity contribution >= 4 is 64.9 Å². The van der Waals surface area contributed by atoms with Gasteiger partial charge in [0.1, 0.15) is 0 Å². The Hall–Kier alpha value is -1.87. The maximum absolute atomic E-state index is 12.8. The van der Waals surface area contributed by atoms with Gasteiger partial charge in [0.2, 0.25) is 0 Å². The molecule has 8 heteroatoms. The summed E-state index contributed by atoms with van der Waals surface area (Å²) in [6, 6.07) is 11.6. The van der Waals surface area contributed by atoms with Crippen molar-refractivity contribution in [3.8, 4) is 0 Å². The van der Waals surface area contributed by atoms with Crippen molar-refractivity contribution in [3.63, 3.8) is 0 Å². The first-order chi connectivity index (χ1) is 13.2. The highest BCUT2D eigenvalue weighted by molar-refractivity contribution is 9.10. The lowest BCUT2D eigenvalue weighted by molar-refractivity contribution is 0.0997. The van der Waals surface area contributed by atoms with Gasteiger partial charge in [-0.25, -0.2) is 4.98 Å². The molecular formula is C19H16BrN3O2S2. The molecule has 27 heavy (non-hydrogen) atoms. The maximum Gasteiger partial charge on any atom is 0.279 e. The summed E-state index contributed by atoms with van der Waals surface area (Å²) < 4.78 is 10.6. The van der Waals surface area contributed by atoms with Gasteiger partial charge in [-0.15, -0.1) is 11.3 Å². The second-order valence-electron chi connectivity index (χ2n) is 5.80. The molecule has 0 radical (unpaired) electrons. The fraction of sp³-hybridized carbons (Fsp3) is 0.211. The second kappa shape index (κ2) is 8.02. The topological polar surface area (TPSA) is 56.5 Å². The van der Waals surface area contributed by atoms with Gasteiger partial charge in [0.15, 0.2) is 4.80 Å².